The second-order valence-corrected chi connectivity index (χ2v) is 7.09. The van der Waals surface area contributed by atoms with Gasteiger partial charge in [-0.15, -0.1) is 0 Å². The summed E-state index contributed by atoms with van der Waals surface area (Å²) in [6, 6.07) is 7.87. The Bertz CT molecular complexity index is 612. The van der Waals surface area contributed by atoms with Crippen molar-refractivity contribution in [2.75, 3.05) is 5.32 Å². The molecule has 2 amide bonds. The molecule has 1 aromatic carbocycles. The van der Waals surface area contributed by atoms with Crippen LogP contribution in [0, 0.1) is 5.92 Å². The van der Waals surface area contributed by atoms with Crippen LogP contribution in [0.4, 0.5) is 5.69 Å². The Morgan fingerprint density at radius 2 is 1.88 bits per heavy atom. The molecule has 2 fully saturated rings. The molecule has 1 aromatic rings. The molecule has 2 atom stereocenters. The summed E-state index contributed by atoms with van der Waals surface area (Å²) in [6.45, 7) is 2.02. The topological polar surface area (TPSA) is 75.4 Å². The third-order valence-electron chi connectivity index (χ3n) is 5.06. The average molecular weight is 329 g/mol. The predicted molar refractivity (Wildman–Crippen MR) is 94.3 cm³/mol. The fourth-order valence-corrected chi connectivity index (χ4v) is 3.60. The maximum Gasteiger partial charge on any atom is 0.226 e. The first-order valence-electron chi connectivity index (χ1n) is 8.98. The first-order chi connectivity index (χ1) is 11.6. The lowest BCUT2D eigenvalue weighted by Crippen LogP contribution is -2.52. The molecule has 0 heterocycles. The lowest BCUT2D eigenvalue weighted by atomic mass is 9.89. The number of carbonyl (C=O) groups is 2. The monoisotopic (exact) mass is 329 g/mol. The minimum Gasteiger partial charge on any atom is -0.334 e. The molecule has 130 valence electrons. The number of para-hydroxylation sites is 1. The highest BCUT2D eigenvalue weighted by Crippen LogP contribution is 2.35. The van der Waals surface area contributed by atoms with Gasteiger partial charge in [0.15, 0.2) is 0 Å². The van der Waals surface area contributed by atoms with E-state index in [0.29, 0.717) is 6.54 Å². The summed E-state index contributed by atoms with van der Waals surface area (Å²) in [6.07, 6.45) is 6.20. The fraction of sp³-hybridized carbons (Fsp3) is 0.579. The number of nitrogens with one attached hydrogen (secondary N) is 1. The van der Waals surface area contributed by atoms with Crippen LogP contribution in [0.25, 0.3) is 0 Å². The zero-order valence-corrected chi connectivity index (χ0v) is 14.3. The summed E-state index contributed by atoms with van der Waals surface area (Å²) in [7, 11) is 0. The van der Waals surface area contributed by atoms with Crippen molar-refractivity contribution in [3.63, 3.8) is 0 Å². The summed E-state index contributed by atoms with van der Waals surface area (Å²) in [4.78, 5) is 26.3. The molecule has 0 bridgehead atoms. The van der Waals surface area contributed by atoms with Gasteiger partial charge in [-0.1, -0.05) is 31.0 Å². The predicted octanol–water partition coefficient (Wildman–Crippen LogP) is 2.65. The number of nitrogens with zero attached hydrogens (tertiary/aromatic N) is 1. The van der Waals surface area contributed by atoms with E-state index in [9.17, 15) is 9.59 Å². The van der Waals surface area contributed by atoms with E-state index in [2.05, 4.69) is 5.32 Å². The van der Waals surface area contributed by atoms with Crippen LogP contribution in [-0.2, 0) is 16.1 Å². The second kappa shape index (κ2) is 7.34. The fourth-order valence-electron chi connectivity index (χ4n) is 3.60. The van der Waals surface area contributed by atoms with Crippen molar-refractivity contribution in [3.05, 3.63) is 29.8 Å². The van der Waals surface area contributed by atoms with Crippen molar-refractivity contribution in [2.24, 2.45) is 11.7 Å². The molecule has 2 saturated carbocycles. The van der Waals surface area contributed by atoms with Crippen LogP contribution in [0.5, 0.6) is 0 Å². The van der Waals surface area contributed by atoms with Gasteiger partial charge in [-0.2, -0.15) is 0 Å². The van der Waals surface area contributed by atoms with E-state index < -0.39 is 0 Å². The Kier molecular flexibility index (Phi) is 5.19. The molecular weight excluding hydrogens is 302 g/mol. The van der Waals surface area contributed by atoms with Gasteiger partial charge in [-0.3, -0.25) is 9.59 Å². The van der Waals surface area contributed by atoms with Gasteiger partial charge in [0.05, 0.1) is 0 Å². The molecule has 2 unspecified atom stereocenters. The lowest BCUT2D eigenvalue weighted by molar-refractivity contribution is -0.136. The van der Waals surface area contributed by atoms with E-state index >= 15 is 0 Å². The third-order valence-corrected chi connectivity index (χ3v) is 5.06. The van der Waals surface area contributed by atoms with Crippen LogP contribution in [-0.4, -0.2) is 28.8 Å². The quantitative estimate of drug-likeness (QED) is 0.872. The molecule has 24 heavy (non-hydrogen) atoms. The molecule has 3 rings (SSSR count). The lowest BCUT2D eigenvalue weighted by Gasteiger charge is -2.39. The Balaban J connectivity index is 1.84. The van der Waals surface area contributed by atoms with Crippen LogP contribution < -0.4 is 11.1 Å². The van der Waals surface area contributed by atoms with Gasteiger partial charge in [-0.25, -0.2) is 0 Å². The summed E-state index contributed by atoms with van der Waals surface area (Å²) >= 11 is 0. The zero-order valence-electron chi connectivity index (χ0n) is 14.3. The second-order valence-electron chi connectivity index (χ2n) is 7.09. The third kappa shape index (κ3) is 3.96. The zero-order chi connectivity index (χ0) is 17.1. The number of nitrogens with two attached hydrogens (primary N) is 1. The van der Waals surface area contributed by atoms with Crippen molar-refractivity contribution in [3.8, 4) is 0 Å². The van der Waals surface area contributed by atoms with Gasteiger partial charge >= 0.3 is 0 Å². The van der Waals surface area contributed by atoms with Crippen molar-refractivity contribution in [1.82, 2.24) is 4.90 Å². The van der Waals surface area contributed by atoms with E-state index in [1.165, 1.54) is 6.92 Å². The molecule has 0 aliphatic heterocycles. The van der Waals surface area contributed by atoms with Crippen LogP contribution in [0.2, 0.25) is 0 Å². The minimum atomic E-state index is -0.100. The molecule has 5 nitrogen and oxygen atoms in total. The molecule has 2 aliphatic rings. The highest BCUT2D eigenvalue weighted by molar-refractivity contribution is 5.89. The SMILES string of the molecule is CC(=O)Nc1ccccc1CN(C(=O)C1CC1)C1CCCCC1N. The van der Waals surface area contributed by atoms with Crippen LogP contribution in [0.15, 0.2) is 24.3 Å². The molecule has 2 aliphatic carbocycles. The van der Waals surface area contributed by atoms with Gasteiger partial charge in [0, 0.05) is 37.2 Å². The Hall–Kier alpha value is -1.88. The number of rotatable bonds is 5. The van der Waals surface area contributed by atoms with Crippen molar-refractivity contribution >= 4 is 17.5 Å². The average Bonchev–Trinajstić information content (AvgIpc) is 3.39. The summed E-state index contributed by atoms with van der Waals surface area (Å²) in [5.74, 6) is 0.305. The highest BCUT2D eigenvalue weighted by atomic mass is 16.2. The first-order valence-corrected chi connectivity index (χ1v) is 8.98. The number of anilines is 1. The van der Waals surface area contributed by atoms with Gasteiger partial charge in [0.1, 0.15) is 0 Å². The number of carbonyl (C=O) groups excluding carboxylic acids is 2. The van der Waals surface area contributed by atoms with Crippen molar-refractivity contribution < 1.29 is 9.59 Å². The van der Waals surface area contributed by atoms with Gasteiger partial charge in [0.2, 0.25) is 11.8 Å². The number of amides is 2. The molecule has 3 N–H and O–H groups in total. The maximum absolute atomic E-state index is 12.9. The molecule has 0 radical (unpaired) electrons. The molecule has 0 saturated heterocycles. The Morgan fingerprint density at radius 3 is 2.54 bits per heavy atom. The number of hydrogen-bond donors (Lipinski definition) is 2. The van der Waals surface area contributed by atoms with Crippen LogP contribution in [0.1, 0.15) is 51.0 Å². The maximum atomic E-state index is 12.9. The Labute approximate surface area is 143 Å². The molecule has 0 aromatic heterocycles. The molecular formula is C19H27N3O2. The Morgan fingerprint density at radius 1 is 1.17 bits per heavy atom. The van der Waals surface area contributed by atoms with Gasteiger partial charge < -0.3 is 16.0 Å². The smallest absolute Gasteiger partial charge is 0.226 e. The first kappa shape index (κ1) is 17.0. The van der Waals surface area contributed by atoms with Crippen LogP contribution >= 0.6 is 0 Å². The summed E-state index contributed by atoms with van der Waals surface area (Å²) in [5.41, 5.74) is 8.10. The van der Waals surface area contributed by atoms with E-state index in [1.807, 2.05) is 29.2 Å². The number of hydrogen-bond acceptors (Lipinski definition) is 3. The van der Waals surface area contributed by atoms with E-state index in [-0.39, 0.29) is 29.8 Å². The van der Waals surface area contributed by atoms with Crippen LogP contribution in [0.3, 0.4) is 0 Å². The molecule has 5 heteroatoms. The number of benzene rings is 1. The van der Waals surface area contributed by atoms with Crippen molar-refractivity contribution in [2.45, 2.75) is 64.1 Å². The van der Waals surface area contributed by atoms with E-state index in [0.717, 1.165) is 49.8 Å². The highest BCUT2D eigenvalue weighted by Gasteiger charge is 2.38. The summed E-state index contributed by atoms with van der Waals surface area (Å²) < 4.78 is 0. The van der Waals surface area contributed by atoms with E-state index in [1.54, 1.807) is 0 Å². The molecule has 0 spiro atoms. The van der Waals surface area contributed by atoms with Gasteiger partial charge in [0.25, 0.3) is 0 Å². The van der Waals surface area contributed by atoms with Crippen molar-refractivity contribution in [1.29, 1.82) is 0 Å². The minimum absolute atomic E-state index is 0.0504. The normalized spacial score (nSPS) is 23.6. The van der Waals surface area contributed by atoms with E-state index in [4.69, 9.17) is 5.73 Å². The van der Waals surface area contributed by atoms with Gasteiger partial charge in [-0.05, 0) is 37.3 Å². The summed E-state index contributed by atoms with van der Waals surface area (Å²) in [5, 5.41) is 2.87. The largest absolute Gasteiger partial charge is 0.334 e. The standard InChI is InChI=1S/C19H27N3O2/c1-13(23)21-17-8-4-2-6-15(17)12-22(19(24)14-10-11-14)18-9-5-3-7-16(18)20/h2,4,6,8,14,16,18H,3,5,7,9-12,20H2,1H3,(H,21,23).